The van der Waals surface area contributed by atoms with Crippen LogP contribution in [0.3, 0.4) is 0 Å². The van der Waals surface area contributed by atoms with Gasteiger partial charge in [-0.05, 0) is 0 Å². The molecule has 0 saturated carbocycles. The Labute approximate surface area is 121 Å². The maximum atomic E-state index is 5.57. The third-order valence-electron chi connectivity index (χ3n) is 2.81. The summed E-state index contributed by atoms with van der Waals surface area (Å²) in [6, 6.07) is 1.77. The predicted molar refractivity (Wildman–Crippen MR) is 75.8 cm³/mol. The molecule has 0 saturated heterocycles. The first-order valence-corrected chi connectivity index (χ1v) is 6.96. The normalized spacial score (nSPS) is 10.6. The smallest absolute Gasteiger partial charge is 0.191 e. The summed E-state index contributed by atoms with van der Waals surface area (Å²) in [5.41, 5.74) is 6.37. The monoisotopic (exact) mass is 295 g/mol. The van der Waals surface area contributed by atoms with Gasteiger partial charge in [0.15, 0.2) is 16.7 Å². The molecule has 0 fully saturated rings. The molecule has 0 radical (unpaired) electrons. The van der Waals surface area contributed by atoms with Crippen molar-refractivity contribution in [3.05, 3.63) is 23.8 Å². The molecule has 2 aromatic rings. The lowest BCUT2D eigenvalue weighted by atomic mass is 10.3. The highest BCUT2D eigenvalue weighted by Gasteiger charge is 2.14. The Balaban J connectivity index is 2.16. The summed E-state index contributed by atoms with van der Waals surface area (Å²) in [4.78, 5) is 4.32. The molecule has 0 aromatic carbocycles. The molecule has 0 aliphatic carbocycles. The number of nitrogens with zero attached hydrogens (tertiary/aromatic N) is 4. The van der Waals surface area contributed by atoms with Crippen LogP contribution in [0, 0.1) is 0 Å². The van der Waals surface area contributed by atoms with E-state index in [1.165, 1.54) is 11.8 Å². The van der Waals surface area contributed by atoms with Crippen LogP contribution < -0.4 is 15.2 Å². The van der Waals surface area contributed by atoms with Crippen LogP contribution in [0.25, 0.3) is 0 Å². The van der Waals surface area contributed by atoms with Crippen LogP contribution in [0.4, 0.5) is 0 Å². The zero-order chi connectivity index (χ0) is 14.5. The molecule has 0 aliphatic heterocycles. The van der Waals surface area contributed by atoms with Crippen LogP contribution in [0.1, 0.15) is 11.5 Å². The lowest BCUT2D eigenvalue weighted by molar-refractivity contribution is 0.350. The Morgan fingerprint density at radius 2 is 2.10 bits per heavy atom. The molecule has 0 unspecified atom stereocenters. The maximum Gasteiger partial charge on any atom is 0.191 e. The fourth-order valence-electron chi connectivity index (χ4n) is 1.73. The van der Waals surface area contributed by atoms with Gasteiger partial charge in [-0.3, -0.25) is 4.98 Å². The van der Waals surface area contributed by atoms with E-state index in [4.69, 9.17) is 15.2 Å². The zero-order valence-corrected chi connectivity index (χ0v) is 12.5. The number of pyridine rings is 1. The second-order valence-electron chi connectivity index (χ2n) is 3.94. The first kappa shape index (κ1) is 14.6. The van der Waals surface area contributed by atoms with Gasteiger partial charge in [-0.15, -0.1) is 10.2 Å². The lowest BCUT2D eigenvalue weighted by Crippen LogP contribution is -2.05. The molecule has 0 bridgehead atoms. The topological polar surface area (TPSA) is 88.1 Å². The third-order valence-corrected chi connectivity index (χ3v) is 3.84. The van der Waals surface area contributed by atoms with Crippen molar-refractivity contribution in [3.8, 4) is 11.5 Å². The summed E-state index contributed by atoms with van der Waals surface area (Å²) in [6.45, 7) is 0.366. The van der Waals surface area contributed by atoms with E-state index in [0.29, 0.717) is 23.8 Å². The number of rotatable bonds is 6. The Kier molecular flexibility index (Phi) is 4.80. The van der Waals surface area contributed by atoms with Crippen molar-refractivity contribution in [2.45, 2.75) is 17.5 Å². The van der Waals surface area contributed by atoms with Gasteiger partial charge in [-0.25, -0.2) is 0 Å². The predicted octanol–water partition coefficient (Wildman–Crippen LogP) is 0.978. The third kappa shape index (κ3) is 2.86. The standard InChI is InChI=1S/C12H17N5O2S/c1-17-10(6-13)15-16-12(17)20-7-8-11(19-3)9(18-2)4-5-14-8/h4-5H,6-7,13H2,1-3H3. The SMILES string of the molecule is COc1ccnc(CSc2nnc(CN)n2C)c1OC. The van der Waals surface area contributed by atoms with Crippen molar-refractivity contribution in [2.24, 2.45) is 12.8 Å². The molecule has 0 aliphatic rings. The maximum absolute atomic E-state index is 5.57. The van der Waals surface area contributed by atoms with Crippen LogP contribution in [0.15, 0.2) is 17.4 Å². The van der Waals surface area contributed by atoms with Crippen LogP contribution in [0.2, 0.25) is 0 Å². The van der Waals surface area contributed by atoms with E-state index in [1.54, 1.807) is 26.5 Å². The molecule has 0 atom stereocenters. The average molecular weight is 295 g/mol. The van der Waals surface area contributed by atoms with Gasteiger partial charge in [0.05, 0.1) is 26.5 Å². The van der Waals surface area contributed by atoms with Crippen LogP contribution in [-0.4, -0.2) is 34.0 Å². The van der Waals surface area contributed by atoms with Crippen LogP contribution in [0.5, 0.6) is 11.5 Å². The van der Waals surface area contributed by atoms with Gasteiger partial charge < -0.3 is 19.8 Å². The van der Waals surface area contributed by atoms with Crippen molar-refractivity contribution in [1.29, 1.82) is 0 Å². The lowest BCUT2D eigenvalue weighted by Gasteiger charge is -2.11. The summed E-state index contributed by atoms with van der Waals surface area (Å²) in [6.07, 6.45) is 1.69. The number of methoxy groups -OCH3 is 2. The highest BCUT2D eigenvalue weighted by atomic mass is 32.2. The number of nitrogens with two attached hydrogens (primary N) is 1. The largest absolute Gasteiger partial charge is 0.493 e. The second kappa shape index (κ2) is 6.58. The highest BCUT2D eigenvalue weighted by Crippen LogP contribution is 2.32. The molecule has 0 amide bonds. The number of aromatic nitrogens is 4. The molecule has 0 spiro atoms. The Hall–Kier alpha value is -1.80. The zero-order valence-electron chi connectivity index (χ0n) is 11.7. The van der Waals surface area contributed by atoms with E-state index in [0.717, 1.165) is 16.7 Å². The first-order chi connectivity index (χ1) is 9.71. The fraction of sp³-hybridized carbons (Fsp3) is 0.417. The number of hydrogen-bond acceptors (Lipinski definition) is 7. The molecule has 20 heavy (non-hydrogen) atoms. The van der Waals surface area contributed by atoms with Gasteiger partial charge in [-0.1, -0.05) is 11.8 Å². The van der Waals surface area contributed by atoms with E-state index in [1.807, 2.05) is 11.6 Å². The highest BCUT2D eigenvalue weighted by molar-refractivity contribution is 7.98. The Bertz CT molecular complexity index is 587. The molecule has 2 aromatic heterocycles. The van der Waals surface area contributed by atoms with Crippen molar-refractivity contribution in [1.82, 2.24) is 19.7 Å². The van der Waals surface area contributed by atoms with E-state index < -0.39 is 0 Å². The molecular weight excluding hydrogens is 278 g/mol. The van der Waals surface area contributed by atoms with Gasteiger partial charge in [0, 0.05) is 25.1 Å². The Morgan fingerprint density at radius 1 is 1.30 bits per heavy atom. The summed E-state index contributed by atoms with van der Waals surface area (Å²) in [5.74, 6) is 2.66. The van der Waals surface area contributed by atoms with Gasteiger partial charge in [0.2, 0.25) is 0 Å². The minimum Gasteiger partial charge on any atom is -0.493 e. The number of hydrogen-bond donors (Lipinski definition) is 1. The van der Waals surface area contributed by atoms with E-state index >= 15 is 0 Å². The molecule has 108 valence electrons. The van der Waals surface area contributed by atoms with Crippen molar-refractivity contribution >= 4 is 11.8 Å². The Morgan fingerprint density at radius 3 is 2.70 bits per heavy atom. The van der Waals surface area contributed by atoms with E-state index in [9.17, 15) is 0 Å². The summed E-state index contributed by atoms with van der Waals surface area (Å²) in [5, 5.41) is 8.90. The summed E-state index contributed by atoms with van der Waals surface area (Å²) in [7, 11) is 5.09. The fourth-order valence-corrected chi connectivity index (χ4v) is 2.60. The average Bonchev–Trinajstić information content (AvgIpc) is 2.84. The van der Waals surface area contributed by atoms with E-state index in [2.05, 4.69) is 15.2 Å². The van der Waals surface area contributed by atoms with Crippen molar-refractivity contribution in [3.63, 3.8) is 0 Å². The number of ether oxygens (including phenoxy) is 2. The van der Waals surface area contributed by atoms with Gasteiger partial charge >= 0.3 is 0 Å². The molecule has 7 nitrogen and oxygen atoms in total. The van der Waals surface area contributed by atoms with Crippen LogP contribution >= 0.6 is 11.8 Å². The molecule has 8 heteroatoms. The van der Waals surface area contributed by atoms with Gasteiger partial charge in [-0.2, -0.15) is 0 Å². The number of thioether (sulfide) groups is 1. The minimum absolute atomic E-state index is 0.366. The first-order valence-electron chi connectivity index (χ1n) is 5.98. The molecule has 2 rings (SSSR count). The van der Waals surface area contributed by atoms with E-state index in [-0.39, 0.29) is 0 Å². The van der Waals surface area contributed by atoms with Gasteiger partial charge in [0.1, 0.15) is 5.82 Å². The second-order valence-corrected chi connectivity index (χ2v) is 4.89. The van der Waals surface area contributed by atoms with Crippen LogP contribution in [-0.2, 0) is 19.3 Å². The van der Waals surface area contributed by atoms with Crippen molar-refractivity contribution < 1.29 is 9.47 Å². The van der Waals surface area contributed by atoms with Gasteiger partial charge in [0.25, 0.3) is 0 Å². The quantitative estimate of drug-likeness (QED) is 0.795. The van der Waals surface area contributed by atoms with Crippen molar-refractivity contribution in [2.75, 3.05) is 14.2 Å². The minimum atomic E-state index is 0.366. The molecular formula is C12H17N5O2S. The molecule has 2 heterocycles. The molecule has 2 N–H and O–H groups in total. The summed E-state index contributed by atoms with van der Waals surface area (Å²) < 4.78 is 12.5. The summed E-state index contributed by atoms with van der Waals surface area (Å²) >= 11 is 1.52.